The zero-order valence-electron chi connectivity index (χ0n) is 11.1. The summed E-state index contributed by atoms with van der Waals surface area (Å²) in [6, 6.07) is 11.0. The highest BCUT2D eigenvalue weighted by Gasteiger charge is 2.24. The molecule has 6 heteroatoms. The molecule has 0 spiro atoms. The molecule has 21 heavy (non-hydrogen) atoms. The average Bonchev–Trinajstić information content (AvgIpc) is 2.39. The second-order valence-corrected chi connectivity index (χ2v) is 14.5. The van der Waals surface area contributed by atoms with Crippen molar-refractivity contribution in [1.29, 1.82) is 0 Å². The van der Waals surface area contributed by atoms with E-state index in [2.05, 4.69) is 0 Å². The molecule has 112 valence electrons. The van der Waals surface area contributed by atoms with Crippen LogP contribution in [-0.2, 0) is 6.42 Å². The Bertz CT molecular complexity index is 608. The molecule has 0 atom stereocenters. The first kappa shape index (κ1) is 17.0. The first-order chi connectivity index (χ1) is 9.85. The Morgan fingerprint density at radius 3 is 2.24 bits per heavy atom. The lowest BCUT2D eigenvalue weighted by atomic mass is 9.96. The molecule has 0 aromatic heterocycles. The summed E-state index contributed by atoms with van der Waals surface area (Å²) in [7, 11) is 0. The van der Waals surface area contributed by atoms with Gasteiger partial charge in [0.05, 0.1) is 0 Å². The van der Waals surface area contributed by atoms with Crippen molar-refractivity contribution in [3.8, 4) is 16.9 Å². The summed E-state index contributed by atoms with van der Waals surface area (Å²) < 4.78 is 0. The van der Waals surface area contributed by atoms with Gasteiger partial charge in [-0.15, -0.1) is 33.2 Å². The number of benzene rings is 2. The van der Waals surface area contributed by atoms with E-state index in [9.17, 15) is 5.11 Å². The fourth-order valence-electron chi connectivity index (χ4n) is 2.18. The minimum atomic E-state index is -2.59. The zero-order valence-corrected chi connectivity index (χ0v) is 15.1. The van der Waals surface area contributed by atoms with Crippen LogP contribution in [0.1, 0.15) is 12.0 Å². The van der Waals surface area contributed by atoms with Gasteiger partial charge in [-0.2, -0.15) is 0 Å². The molecule has 0 heterocycles. The molecule has 0 saturated heterocycles. The number of phenolic OH excluding ortho intramolecular Hbond substituents is 1. The van der Waals surface area contributed by atoms with Gasteiger partial charge >= 0.3 is 6.00 Å². The SMILES string of the molecule is Oc1ccc(-c2ccc(Cl)cc2)c(CCC[Si](Cl)(Cl)Cl)c1. The maximum Gasteiger partial charge on any atom is 0.341 e. The second-order valence-electron chi connectivity index (χ2n) is 4.82. The molecule has 0 bridgehead atoms. The Labute approximate surface area is 144 Å². The van der Waals surface area contributed by atoms with Crippen molar-refractivity contribution in [3.05, 3.63) is 53.1 Å². The zero-order chi connectivity index (χ0) is 15.5. The van der Waals surface area contributed by atoms with E-state index in [1.807, 2.05) is 30.3 Å². The van der Waals surface area contributed by atoms with Gasteiger partial charge in [-0.1, -0.05) is 29.8 Å². The van der Waals surface area contributed by atoms with Gasteiger partial charge < -0.3 is 5.11 Å². The number of aryl methyl sites for hydroxylation is 1. The lowest BCUT2D eigenvalue weighted by Gasteiger charge is -2.12. The molecule has 0 amide bonds. The van der Waals surface area contributed by atoms with Gasteiger partial charge in [0.25, 0.3) is 0 Å². The van der Waals surface area contributed by atoms with Crippen molar-refractivity contribution >= 4 is 50.8 Å². The van der Waals surface area contributed by atoms with E-state index in [0.717, 1.165) is 29.5 Å². The van der Waals surface area contributed by atoms with Crippen molar-refractivity contribution in [2.45, 2.75) is 18.9 Å². The lowest BCUT2D eigenvalue weighted by Crippen LogP contribution is -2.08. The van der Waals surface area contributed by atoms with E-state index in [4.69, 9.17) is 44.8 Å². The first-order valence-electron chi connectivity index (χ1n) is 6.50. The van der Waals surface area contributed by atoms with Crippen LogP contribution in [0.2, 0.25) is 11.1 Å². The van der Waals surface area contributed by atoms with Gasteiger partial charge in [0.1, 0.15) is 5.75 Å². The molecule has 0 unspecified atom stereocenters. The molecular formula is C15H14Cl4OSi. The van der Waals surface area contributed by atoms with Crippen molar-refractivity contribution in [2.24, 2.45) is 0 Å². The van der Waals surface area contributed by atoms with E-state index >= 15 is 0 Å². The molecule has 1 N–H and O–H groups in total. The molecule has 0 saturated carbocycles. The highest BCUT2D eigenvalue weighted by atomic mass is 35.8. The van der Waals surface area contributed by atoms with Crippen LogP contribution < -0.4 is 0 Å². The van der Waals surface area contributed by atoms with Crippen LogP contribution in [0.4, 0.5) is 0 Å². The summed E-state index contributed by atoms with van der Waals surface area (Å²) >= 11 is 23.7. The highest BCUT2D eigenvalue weighted by Crippen LogP contribution is 2.31. The molecule has 2 aromatic rings. The molecule has 0 aliphatic rings. The quantitative estimate of drug-likeness (QED) is 0.477. The number of aromatic hydroxyl groups is 1. The van der Waals surface area contributed by atoms with Gasteiger partial charge in [-0.05, 0) is 59.8 Å². The predicted molar refractivity (Wildman–Crippen MR) is 95.0 cm³/mol. The number of rotatable bonds is 5. The summed E-state index contributed by atoms with van der Waals surface area (Å²) in [5.41, 5.74) is 3.16. The van der Waals surface area contributed by atoms with E-state index < -0.39 is 6.00 Å². The average molecular weight is 380 g/mol. The monoisotopic (exact) mass is 378 g/mol. The van der Waals surface area contributed by atoms with E-state index in [1.54, 1.807) is 12.1 Å². The number of halogens is 4. The third kappa shape index (κ3) is 5.39. The topological polar surface area (TPSA) is 20.2 Å². The Kier molecular flexibility index (Phi) is 5.86. The van der Waals surface area contributed by atoms with Gasteiger partial charge in [0.15, 0.2) is 0 Å². The predicted octanol–water partition coefficient (Wildman–Crippen LogP) is 6.30. The maximum atomic E-state index is 9.70. The van der Waals surface area contributed by atoms with Crippen molar-refractivity contribution in [1.82, 2.24) is 0 Å². The summed E-state index contributed by atoms with van der Waals surface area (Å²) in [5, 5.41) is 10.4. The van der Waals surface area contributed by atoms with E-state index in [-0.39, 0.29) is 5.75 Å². The molecular weight excluding hydrogens is 366 g/mol. The van der Waals surface area contributed by atoms with Crippen molar-refractivity contribution in [2.75, 3.05) is 0 Å². The lowest BCUT2D eigenvalue weighted by molar-refractivity contribution is 0.474. The minimum absolute atomic E-state index is 0.244. The van der Waals surface area contributed by atoms with Crippen molar-refractivity contribution < 1.29 is 5.11 Å². The Balaban J connectivity index is 2.23. The van der Waals surface area contributed by atoms with Crippen LogP contribution in [-0.4, -0.2) is 11.1 Å². The fourth-order valence-corrected chi connectivity index (χ4v) is 4.08. The summed E-state index contributed by atoms with van der Waals surface area (Å²) in [6.07, 6.45) is 1.54. The number of phenols is 1. The minimum Gasteiger partial charge on any atom is -0.508 e. The molecule has 0 fully saturated rings. The normalized spacial score (nSPS) is 11.6. The highest BCUT2D eigenvalue weighted by molar-refractivity contribution is 7.64. The molecule has 0 radical (unpaired) electrons. The Morgan fingerprint density at radius 1 is 0.952 bits per heavy atom. The summed E-state index contributed by atoms with van der Waals surface area (Å²) in [6.45, 7) is 0. The molecule has 2 aromatic carbocycles. The van der Waals surface area contributed by atoms with Crippen molar-refractivity contribution in [3.63, 3.8) is 0 Å². The van der Waals surface area contributed by atoms with Crippen LogP contribution in [0.5, 0.6) is 5.75 Å². The largest absolute Gasteiger partial charge is 0.508 e. The summed E-state index contributed by atoms with van der Waals surface area (Å²) in [4.78, 5) is 0. The first-order valence-corrected chi connectivity index (χ1v) is 12.1. The Hall–Kier alpha value is -0.383. The van der Waals surface area contributed by atoms with Crippen LogP contribution >= 0.6 is 44.8 Å². The van der Waals surface area contributed by atoms with Crippen LogP contribution in [0, 0.1) is 0 Å². The third-order valence-electron chi connectivity index (χ3n) is 3.15. The smallest absolute Gasteiger partial charge is 0.341 e. The number of hydrogen-bond acceptors (Lipinski definition) is 1. The van der Waals surface area contributed by atoms with Crippen LogP contribution in [0.15, 0.2) is 42.5 Å². The van der Waals surface area contributed by atoms with Gasteiger partial charge in [0, 0.05) is 5.02 Å². The molecule has 1 nitrogen and oxygen atoms in total. The third-order valence-corrected chi connectivity index (χ3v) is 6.02. The van der Waals surface area contributed by atoms with Crippen LogP contribution in [0.25, 0.3) is 11.1 Å². The fraction of sp³-hybridized carbons (Fsp3) is 0.200. The molecule has 0 aliphatic carbocycles. The summed E-state index contributed by atoms with van der Waals surface area (Å²) in [5.74, 6) is 0.244. The van der Waals surface area contributed by atoms with Gasteiger partial charge in [0.2, 0.25) is 0 Å². The second kappa shape index (κ2) is 7.25. The van der Waals surface area contributed by atoms with Gasteiger partial charge in [-0.3, -0.25) is 0 Å². The standard InChI is InChI=1S/C15H14Cl4OSi/c16-13-5-3-11(4-6-13)15-8-7-14(20)10-12(15)2-1-9-21(17,18)19/h3-8,10,20H,1-2,9H2. The molecule has 2 rings (SSSR count). The van der Waals surface area contributed by atoms with E-state index in [1.165, 1.54) is 0 Å². The van der Waals surface area contributed by atoms with Gasteiger partial charge in [-0.25, -0.2) is 0 Å². The number of hydrogen-bond donors (Lipinski definition) is 1. The Morgan fingerprint density at radius 2 is 1.62 bits per heavy atom. The van der Waals surface area contributed by atoms with E-state index in [0.29, 0.717) is 11.1 Å². The van der Waals surface area contributed by atoms with Crippen LogP contribution in [0.3, 0.4) is 0 Å². The maximum absolute atomic E-state index is 9.70. The molecule has 0 aliphatic heterocycles.